The van der Waals surface area contributed by atoms with Gasteiger partial charge >= 0.3 is 6.18 Å². The fourth-order valence-electron chi connectivity index (χ4n) is 5.18. The van der Waals surface area contributed by atoms with Crippen molar-refractivity contribution in [1.29, 1.82) is 0 Å². The number of aromatic hydroxyl groups is 1. The predicted octanol–water partition coefficient (Wildman–Crippen LogP) is 9.07. The Kier molecular flexibility index (Phi) is 9.99. The zero-order chi connectivity index (χ0) is 24.8. The smallest absolute Gasteiger partial charge is 0.391 e. The van der Waals surface area contributed by atoms with Crippen molar-refractivity contribution in [3.05, 3.63) is 22.8 Å². The molecule has 0 amide bonds. The van der Waals surface area contributed by atoms with Gasteiger partial charge in [0.2, 0.25) is 0 Å². The third-order valence-electron chi connectivity index (χ3n) is 7.54. The van der Waals surface area contributed by atoms with E-state index in [1.807, 2.05) is 26.8 Å². The second-order valence-electron chi connectivity index (χ2n) is 11.2. The van der Waals surface area contributed by atoms with Gasteiger partial charge < -0.3 is 9.84 Å². The lowest BCUT2D eigenvalue weighted by Crippen LogP contribution is -2.37. The minimum absolute atomic E-state index is 0.171. The van der Waals surface area contributed by atoms with Crippen LogP contribution in [0, 0.1) is 31.6 Å². The first-order valence-electron chi connectivity index (χ1n) is 12.9. The fraction of sp³-hybridized carbons (Fsp3) is 0.786. The number of halogens is 3. The van der Waals surface area contributed by atoms with Crippen LogP contribution in [0.4, 0.5) is 13.2 Å². The van der Waals surface area contributed by atoms with Crippen molar-refractivity contribution in [3.8, 4) is 11.5 Å². The molecule has 190 valence electrons. The van der Waals surface area contributed by atoms with Gasteiger partial charge in [-0.3, -0.25) is 0 Å². The molecule has 2 nitrogen and oxygen atoms in total. The van der Waals surface area contributed by atoms with Crippen LogP contribution in [0.1, 0.15) is 109 Å². The van der Waals surface area contributed by atoms with E-state index in [0.29, 0.717) is 36.8 Å². The molecule has 1 aliphatic rings. The Morgan fingerprint density at radius 3 is 2.21 bits per heavy atom. The summed E-state index contributed by atoms with van der Waals surface area (Å²) in [5, 5.41) is 10.2. The largest absolute Gasteiger partial charge is 0.507 e. The van der Waals surface area contributed by atoms with Gasteiger partial charge in [-0.1, -0.05) is 52.9 Å². The number of phenolic OH excluding ortho intramolecular Hbond substituents is 1. The number of phenols is 1. The Morgan fingerprint density at radius 1 is 1.00 bits per heavy atom. The van der Waals surface area contributed by atoms with Gasteiger partial charge in [0, 0.05) is 5.56 Å². The molecule has 2 rings (SSSR count). The van der Waals surface area contributed by atoms with Crippen molar-refractivity contribution in [2.75, 3.05) is 0 Å². The van der Waals surface area contributed by atoms with Gasteiger partial charge in [-0.25, -0.2) is 0 Å². The Labute approximate surface area is 199 Å². The number of aryl methyl sites for hydroxylation is 1. The molecule has 5 heteroatoms. The summed E-state index contributed by atoms with van der Waals surface area (Å²) in [6, 6.07) is 1.86. The van der Waals surface area contributed by atoms with Crippen molar-refractivity contribution in [2.24, 2.45) is 17.8 Å². The Morgan fingerprint density at radius 2 is 1.61 bits per heavy atom. The van der Waals surface area contributed by atoms with E-state index in [1.54, 1.807) is 0 Å². The monoisotopic (exact) mass is 470 g/mol. The molecule has 0 radical (unpaired) electrons. The minimum atomic E-state index is -4.13. The molecule has 0 aliphatic carbocycles. The first-order valence-corrected chi connectivity index (χ1v) is 12.9. The zero-order valence-corrected chi connectivity index (χ0v) is 21.6. The average molecular weight is 471 g/mol. The van der Waals surface area contributed by atoms with E-state index in [1.165, 1.54) is 12.8 Å². The van der Waals surface area contributed by atoms with E-state index in [-0.39, 0.29) is 12.8 Å². The maximum absolute atomic E-state index is 13.7. The van der Waals surface area contributed by atoms with Crippen LogP contribution in [-0.2, 0) is 6.42 Å². The summed E-state index contributed by atoms with van der Waals surface area (Å²) >= 11 is 0. The van der Waals surface area contributed by atoms with E-state index in [2.05, 4.69) is 20.8 Å². The van der Waals surface area contributed by atoms with Crippen molar-refractivity contribution in [3.63, 3.8) is 0 Å². The first kappa shape index (κ1) is 27.9. The Hall–Kier alpha value is -1.39. The number of hydrogen-bond donors (Lipinski definition) is 1. The SMILES string of the molecule is Cc1cc2c(c(C)c1O)CCC(C)(CCCC(CCCC(C)CCCC(C)C)C(F)(F)F)O2. The summed E-state index contributed by atoms with van der Waals surface area (Å²) in [5.74, 6) is 1.05. The van der Waals surface area contributed by atoms with Crippen LogP contribution in [0.5, 0.6) is 11.5 Å². The summed E-state index contributed by atoms with van der Waals surface area (Å²) < 4.78 is 47.3. The van der Waals surface area contributed by atoms with E-state index >= 15 is 0 Å². The molecular formula is C28H45F3O2. The van der Waals surface area contributed by atoms with Gasteiger partial charge in [0.1, 0.15) is 17.1 Å². The van der Waals surface area contributed by atoms with Gasteiger partial charge in [-0.05, 0) is 88.3 Å². The number of benzene rings is 1. The van der Waals surface area contributed by atoms with Gasteiger partial charge in [0.25, 0.3) is 0 Å². The summed E-state index contributed by atoms with van der Waals surface area (Å²) in [6.07, 6.45) is 3.95. The molecule has 1 aromatic carbocycles. The lowest BCUT2D eigenvalue weighted by atomic mass is 9.84. The molecule has 0 aromatic heterocycles. The second kappa shape index (κ2) is 11.8. The van der Waals surface area contributed by atoms with E-state index in [9.17, 15) is 18.3 Å². The number of alkyl halides is 3. The average Bonchev–Trinajstić information content (AvgIpc) is 2.69. The standard InChI is InChI=1S/C28H45F3O2/c1-19(2)10-7-11-20(3)12-8-13-23(28(29,30)31)14-9-16-27(6)17-15-24-22(5)26(32)21(4)18-25(24)33-27/h18-20,23,32H,7-17H2,1-6H3. The Balaban J connectivity index is 1.84. The number of hydrogen-bond acceptors (Lipinski definition) is 2. The first-order chi connectivity index (χ1) is 15.3. The van der Waals surface area contributed by atoms with E-state index in [4.69, 9.17) is 4.74 Å². The molecule has 0 fully saturated rings. The van der Waals surface area contributed by atoms with E-state index < -0.39 is 17.7 Å². The normalized spacial score (nSPS) is 20.4. The van der Waals surface area contributed by atoms with Crippen LogP contribution in [0.3, 0.4) is 0 Å². The lowest BCUT2D eigenvalue weighted by molar-refractivity contribution is -0.179. The van der Waals surface area contributed by atoms with Crippen LogP contribution >= 0.6 is 0 Å². The topological polar surface area (TPSA) is 29.5 Å². The van der Waals surface area contributed by atoms with Crippen molar-refractivity contribution in [2.45, 2.75) is 124 Å². The third kappa shape index (κ3) is 8.40. The highest BCUT2D eigenvalue weighted by Gasteiger charge is 2.39. The molecule has 1 aliphatic heterocycles. The van der Waals surface area contributed by atoms with Crippen molar-refractivity contribution >= 4 is 0 Å². The van der Waals surface area contributed by atoms with Crippen LogP contribution in [0.15, 0.2) is 6.07 Å². The van der Waals surface area contributed by atoms with Crippen molar-refractivity contribution < 1.29 is 23.0 Å². The van der Waals surface area contributed by atoms with Gasteiger partial charge in [-0.2, -0.15) is 13.2 Å². The molecule has 3 unspecified atom stereocenters. The summed E-state index contributed by atoms with van der Waals surface area (Å²) in [5.41, 5.74) is 2.18. The van der Waals surface area contributed by atoms with Gasteiger partial charge in [0.15, 0.2) is 0 Å². The molecule has 3 atom stereocenters. The molecule has 33 heavy (non-hydrogen) atoms. The predicted molar refractivity (Wildman–Crippen MR) is 130 cm³/mol. The highest BCUT2D eigenvalue weighted by molar-refractivity contribution is 5.53. The second-order valence-corrected chi connectivity index (χ2v) is 11.2. The van der Waals surface area contributed by atoms with Crippen molar-refractivity contribution in [1.82, 2.24) is 0 Å². The quantitative estimate of drug-likeness (QED) is 0.330. The molecule has 1 heterocycles. The molecule has 0 spiro atoms. The lowest BCUT2D eigenvalue weighted by Gasteiger charge is -2.37. The third-order valence-corrected chi connectivity index (χ3v) is 7.54. The highest BCUT2D eigenvalue weighted by atomic mass is 19.4. The molecular weight excluding hydrogens is 425 g/mol. The number of fused-ring (bicyclic) bond motifs is 1. The molecule has 1 aromatic rings. The zero-order valence-electron chi connectivity index (χ0n) is 21.6. The summed E-state index contributed by atoms with van der Waals surface area (Å²) in [6.45, 7) is 12.3. The van der Waals surface area contributed by atoms with Crippen LogP contribution in [-0.4, -0.2) is 16.9 Å². The van der Waals surface area contributed by atoms with Gasteiger partial charge in [-0.15, -0.1) is 0 Å². The van der Waals surface area contributed by atoms with E-state index in [0.717, 1.165) is 48.1 Å². The van der Waals surface area contributed by atoms with Gasteiger partial charge in [0.05, 0.1) is 5.92 Å². The molecule has 0 bridgehead atoms. The highest BCUT2D eigenvalue weighted by Crippen LogP contribution is 2.42. The fourth-order valence-corrected chi connectivity index (χ4v) is 5.18. The maximum Gasteiger partial charge on any atom is 0.391 e. The van der Waals surface area contributed by atoms with Crippen LogP contribution in [0.2, 0.25) is 0 Å². The number of rotatable bonds is 12. The Bertz CT molecular complexity index is 756. The molecule has 0 saturated heterocycles. The number of ether oxygens (including phenoxy) is 1. The summed E-state index contributed by atoms with van der Waals surface area (Å²) in [7, 11) is 0. The minimum Gasteiger partial charge on any atom is -0.507 e. The van der Waals surface area contributed by atoms with Crippen LogP contribution in [0.25, 0.3) is 0 Å². The maximum atomic E-state index is 13.7. The van der Waals surface area contributed by atoms with Crippen LogP contribution < -0.4 is 4.74 Å². The molecule has 0 saturated carbocycles. The molecule has 1 N–H and O–H groups in total. The summed E-state index contributed by atoms with van der Waals surface area (Å²) in [4.78, 5) is 0.